The Morgan fingerprint density at radius 3 is 2.42 bits per heavy atom. The standard InChI is InChI=1S/C19H23N3O2/c1-3-7-18(23)22-17-12-14(2)16(13-20-17)21-19(24)11-10-15-8-5-4-6-9-15/h4-6,8-9,12-13H,3,7,10-11H2,1-2H3,(H,21,24)(H,20,22,23). The van der Waals surface area contributed by atoms with Gasteiger partial charge < -0.3 is 10.6 Å². The fourth-order valence-corrected chi connectivity index (χ4v) is 2.30. The Kier molecular flexibility index (Phi) is 6.49. The van der Waals surface area contributed by atoms with Gasteiger partial charge in [0.2, 0.25) is 11.8 Å². The number of hydrogen-bond acceptors (Lipinski definition) is 3. The van der Waals surface area contributed by atoms with Crippen molar-refractivity contribution in [3.63, 3.8) is 0 Å². The second-order valence-electron chi connectivity index (χ2n) is 5.72. The van der Waals surface area contributed by atoms with E-state index in [4.69, 9.17) is 0 Å². The van der Waals surface area contributed by atoms with E-state index >= 15 is 0 Å². The summed E-state index contributed by atoms with van der Waals surface area (Å²) in [6.45, 7) is 3.83. The van der Waals surface area contributed by atoms with Gasteiger partial charge in [-0.3, -0.25) is 9.59 Å². The van der Waals surface area contributed by atoms with Crippen molar-refractivity contribution in [1.82, 2.24) is 4.98 Å². The van der Waals surface area contributed by atoms with Gasteiger partial charge in [0, 0.05) is 12.8 Å². The first-order valence-corrected chi connectivity index (χ1v) is 8.18. The van der Waals surface area contributed by atoms with Crippen LogP contribution in [0.1, 0.15) is 37.3 Å². The molecule has 0 aliphatic carbocycles. The maximum absolute atomic E-state index is 12.1. The summed E-state index contributed by atoms with van der Waals surface area (Å²) in [5.74, 6) is 0.406. The SMILES string of the molecule is CCCC(=O)Nc1cc(C)c(NC(=O)CCc2ccccc2)cn1. The lowest BCUT2D eigenvalue weighted by molar-refractivity contribution is -0.117. The lowest BCUT2D eigenvalue weighted by Crippen LogP contribution is -2.15. The van der Waals surface area contributed by atoms with Crippen LogP contribution in [0.3, 0.4) is 0 Å². The number of pyridine rings is 1. The van der Waals surface area contributed by atoms with Crippen LogP contribution in [-0.4, -0.2) is 16.8 Å². The Morgan fingerprint density at radius 1 is 1.04 bits per heavy atom. The Morgan fingerprint density at radius 2 is 1.75 bits per heavy atom. The van der Waals surface area contributed by atoms with Gasteiger partial charge in [-0.2, -0.15) is 0 Å². The summed E-state index contributed by atoms with van der Waals surface area (Å²) in [5, 5.41) is 5.62. The summed E-state index contributed by atoms with van der Waals surface area (Å²) in [7, 11) is 0. The highest BCUT2D eigenvalue weighted by Crippen LogP contribution is 2.17. The average Bonchev–Trinajstić information content (AvgIpc) is 2.57. The molecule has 0 radical (unpaired) electrons. The third-order valence-electron chi connectivity index (χ3n) is 3.61. The number of aromatic nitrogens is 1. The fraction of sp³-hybridized carbons (Fsp3) is 0.316. The van der Waals surface area contributed by atoms with E-state index in [0.29, 0.717) is 30.8 Å². The number of benzene rings is 1. The first kappa shape index (κ1) is 17.7. The van der Waals surface area contributed by atoms with Crippen LogP contribution in [0.5, 0.6) is 0 Å². The molecule has 0 saturated heterocycles. The van der Waals surface area contributed by atoms with Crippen LogP contribution in [0, 0.1) is 6.92 Å². The van der Waals surface area contributed by atoms with Crippen LogP contribution in [0.4, 0.5) is 11.5 Å². The van der Waals surface area contributed by atoms with Crippen molar-refractivity contribution in [3.8, 4) is 0 Å². The van der Waals surface area contributed by atoms with Crippen LogP contribution >= 0.6 is 0 Å². The van der Waals surface area contributed by atoms with E-state index in [0.717, 1.165) is 17.5 Å². The minimum absolute atomic E-state index is 0.0495. The number of nitrogens with zero attached hydrogens (tertiary/aromatic N) is 1. The maximum atomic E-state index is 12.1. The quantitative estimate of drug-likeness (QED) is 0.815. The van der Waals surface area contributed by atoms with Gasteiger partial charge in [-0.05, 0) is 37.0 Å². The van der Waals surface area contributed by atoms with E-state index < -0.39 is 0 Å². The van der Waals surface area contributed by atoms with Gasteiger partial charge in [0.05, 0.1) is 11.9 Å². The molecular formula is C19H23N3O2. The van der Waals surface area contributed by atoms with Crippen molar-refractivity contribution in [1.29, 1.82) is 0 Å². The minimum atomic E-state index is -0.0518. The van der Waals surface area contributed by atoms with Crippen LogP contribution in [0.15, 0.2) is 42.6 Å². The molecule has 0 spiro atoms. The summed E-state index contributed by atoms with van der Waals surface area (Å²) < 4.78 is 0. The molecule has 1 aromatic heterocycles. The number of carbonyl (C=O) groups is 2. The third kappa shape index (κ3) is 5.50. The highest BCUT2D eigenvalue weighted by molar-refractivity contribution is 5.92. The molecule has 0 aliphatic heterocycles. The second kappa shape index (κ2) is 8.82. The summed E-state index contributed by atoms with van der Waals surface area (Å²) >= 11 is 0. The average molecular weight is 325 g/mol. The van der Waals surface area contributed by atoms with Gasteiger partial charge in [0.15, 0.2) is 0 Å². The zero-order chi connectivity index (χ0) is 17.4. The second-order valence-corrected chi connectivity index (χ2v) is 5.72. The number of hydrogen-bond donors (Lipinski definition) is 2. The number of amides is 2. The minimum Gasteiger partial charge on any atom is -0.324 e. The number of nitrogens with one attached hydrogen (secondary N) is 2. The monoisotopic (exact) mass is 325 g/mol. The molecule has 24 heavy (non-hydrogen) atoms. The number of carbonyl (C=O) groups excluding carboxylic acids is 2. The molecule has 2 amide bonds. The summed E-state index contributed by atoms with van der Waals surface area (Å²) in [4.78, 5) is 27.8. The highest BCUT2D eigenvalue weighted by Gasteiger charge is 2.08. The van der Waals surface area contributed by atoms with Gasteiger partial charge >= 0.3 is 0 Å². The first-order valence-electron chi connectivity index (χ1n) is 8.18. The fourth-order valence-electron chi connectivity index (χ4n) is 2.30. The van der Waals surface area contributed by atoms with Crippen LogP contribution in [-0.2, 0) is 16.0 Å². The van der Waals surface area contributed by atoms with Crippen molar-refractivity contribution in [2.75, 3.05) is 10.6 Å². The van der Waals surface area contributed by atoms with Gasteiger partial charge in [-0.15, -0.1) is 0 Å². The zero-order valence-electron chi connectivity index (χ0n) is 14.1. The predicted octanol–water partition coefficient (Wildman–Crippen LogP) is 3.70. The van der Waals surface area contributed by atoms with E-state index in [1.807, 2.05) is 44.2 Å². The molecule has 1 heterocycles. The predicted molar refractivity (Wildman–Crippen MR) is 95.9 cm³/mol. The molecular weight excluding hydrogens is 302 g/mol. The van der Waals surface area contributed by atoms with Gasteiger partial charge in [0.25, 0.3) is 0 Å². The van der Waals surface area contributed by atoms with Gasteiger partial charge in [0.1, 0.15) is 5.82 Å². The van der Waals surface area contributed by atoms with E-state index in [1.165, 1.54) is 0 Å². The molecule has 126 valence electrons. The summed E-state index contributed by atoms with van der Waals surface area (Å²) in [6.07, 6.45) is 3.96. The van der Waals surface area contributed by atoms with E-state index in [9.17, 15) is 9.59 Å². The Labute approximate surface area is 142 Å². The van der Waals surface area contributed by atoms with Gasteiger partial charge in [-0.25, -0.2) is 4.98 Å². The van der Waals surface area contributed by atoms with Crippen molar-refractivity contribution in [3.05, 3.63) is 53.7 Å². The molecule has 5 nitrogen and oxygen atoms in total. The number of aryl methyl sites for hydroxylation is 2. The molecule has 2 aromatic rings. The van der Waals surface area contributed by atoms with E-state index in [1.54, 1.807) is 12.3 Å². The highest BCUT2D eigenvalue weighted by atomic mass is 16.2. The number of anilines is 2. The van der Waals surface area contributed by atoms with Crippen molar-refractivity contribution in [2.24, 2.45) is 0 Å². The Hall–Kier alpha value is -2.69. The topological polar surface area (TPSA) is 71.1 Å². The summed E-state index contributed by atoms with van der Waals surface area (Å²) in [6, 6.07) is 11.7. The van der Waals surface area contributed by atoms with Crippen molar-refractivity contribution < 1.29 is 9.59 Å². The molecule has 0 saturated carbocycles. The molecule has 2 rings (SSSR count). The maximum Gasteiger partial charge on any atom is 0.225 e. The lowest BCUT2D eigenvalue weighted by Gasteiger charge is -2.10. The lowest BCUT2D eigenvalue weighted by atomic mass is 10.1. The molecule has 5 heteroatoms. The Balaban J connectivity index is 1.90. The molecule has 0 aliphatic rings. The van der Waals surface area contributed by atoms with E-state index in [-0.39, 0.29) is 11.8 Å². The molecule has 1 aromatic carbocycles. The van der Waals surface area contributed by atoms with Crippen LogP contribution < -0.4 is 10.6 Å². The smallest absolute Gasteiger partial charge is 0.225 e. The summed E-state index contributed by atoms with van der Waals surface area (Å²) in [5.41, 5.74) is 2.67. The zero-order valence-corrected chi connectivity index (χ0v) is 14.1. The largest absolute Gasteiger partial charge is 0.324 e. The molecule has 0 bridgehead atoms. The van der Waals surface area contributed by atoms with Gasteiger partial charge in [-0.1, -0.05) is 37.3 Å². The van der Waals surface area contributed by atoms with Crippen molar-refractivity contribution in [2.45, 2.75) is 39.5 Å². The molecule has 0 atom stereocenters. The molecule has 0 unspecified atom stereocenters. The third-order valence-corrected chi connectivity index (χ3v) is 3.61. The van der Waals surface area contributed by atoms with Crippen molar-refractivity contribution >= 4 is 23.3 Å². The van der Waals surface area contributed by atoms with E-state index in [2.05, 4.69) is 15.6 Å². The Bertz CT molecular complexity index is 699. The normalized spacial score (nSPS) is 10.2. The van der Waals surface area contributed by atoms with Crippen LogP contribution in [0.2, 0.25) is 0 Å². The molecule has 0 fully saturated rings. The number of rotatable bonds is 7. The first-order chi connectivity index (χ1) is 11.6. The van der Waals surface area contributed by atoms with Crippen LogP contribution in [0.25, 0.3) is 0 Å². The molecule has 2 N–H and O–H groups in total.